The molecular weight excluding hydrogens is 406 g/mol. The summed E-state index contributed by atoms with van der Waals surface area (Å²) in [5.74, 6) is 0.138. The number of rotatable bonds is 7. The lowest BCUT2D eigenvalue weighted by Crippen LogP contribution is -2.19. The summed E-state index contributed by atoms with van der Waals surface area (Å²) in [6.07, 6.45) is 0. The van der Waals surface area contributed by atoms with Crippen LogP contribution in [0.1, 0.15) is 57.4 Å². The highest BCUT2D eigenvalue weighted by atomic mass is 16.5. The van der Waals surface area contributed by atoms with Crippen molar-refractivity contribution in [2.24, 2.45) is 5.73 Å². The maximum absolute atomic E-state index is 13.2. The Morgan fingerprint density at radius 2 is 1.53 bits per heavy atom. The number of nitrogens with two attached hydrogens (primary N) is 1. The van der Waals surface area contributed by atoms with Crippen LogP contribution in [0, 0.1) is 13.8 Å². The first-order valence-electron chi connectivity index (χ1n) is 10.3. The fourth-order valence-electron chi connectivity index (χ4n) is 3.77. The van der Waals surface area contributed by atoms with Gasteiger partial charge in [-0.2, -0.15) is 0 Å². The first kappa shape index (κ1) is 22.9. The summed E-state index contributed by atoms with van der Waals surface area (Å²) in [7, 11) is 2.94. The van der Waals surface area contributed by atoms with Crippen LogP contribution in [-0.2, 0) is 0 Å². The largest absolute Gasteiger partial charge is 0.493 e. The summed E-state index contributed by atoms with van der Waals surface area (Å²) in [5, 5.41) is 2.80. The fraction of sp³-hybridized carbons (Fsp3) is 0.280. The molecule has 0 aliphatic rings. The molecule has 0 fully saturated rings. The quantitative estimate of drug-likeness (QED) is 0.568. The van der Waals surface area contributed by atoms with E-state index in [1.165, 1.54) is 31.9 Å². The summed E-state index contributed by atoms with van der Waals surface area (Å²) in [5.41, 5.74) is 10.4. The molecule has 0 spiro atoms. The van der Waals surface area contributed by atoms with Gasteiger partial charge in [0, 0.05) is 23.1 Å². The predicted molar refractivity (Wildman–Crippen MR) is 125 cm³/mol. The molecule has 0 radical (unpaired) electrons. The number of benzene rings is 2. The van der Waals surface area contributed by atoms with Crippen LogP contribution in [0.5, 0.6) is 11.5 Å². The summed E-state index contributed by atoms with van der Waals surface area (Å²) in [4.78, 5) is 25.1. The number of carbonyl (C=O) groups is 2. The van der Waals surface area contributed by atoms with Crippen molar-refractivity contribution in [3.8, 4) is 17.2 Å². The van der Waals surface area contributed by atoms with Gasteiger partial charge in [-0.15, -0.1) is 0 Å². The van der Waals surface area contributed by atoms with Crippen molar-refractivity contribution in [2.45, 2.75) is 33.6 Å². The van der Waals surface area contributed by atoms with Gasteiger partial charge < -0.3 is 25.1 Å². The van der Waals surface area contributed by atoms with Crippen molar-refractivity contribution in [3.63, 3.8) is 0 Å². The highest BCUT2D eigenvalue weighted by Crippen LogP contribution is 2.34. The normalized spacial score (nSPS) is 10.8. The number of nitrogens with zero attached hydrogens (tertiary/aromatic N) is 1. The van der Waals surface area contributed by atoms with Crippen LogP contribution in [0.2, 0.25) is 0 Å². The molecule has 1 heterocycles. The van der Waals surface area contributed by atoms with Gasteiger partial charge in [0.1, 0.15) is 0 Å². The molecule has 32 heavy (non-hydrogen) atoms. The van der Waals surface area contributed by atoms with Crippen LogP contribution in [0.15, 0.2) is 42.5 Å². The molecule has 168 valence electrons. The second-order valence-electron chi connectivity index (χ2n) is 7.94. The zero-order valence-corrected chi connectivity index (χ0v) is 19.3. The summed E-state index contributed by atoms with van der Waals surface area (Å²) < 4.78 is 12.6. The molecule has 0 saturated carbocycles. The molecular formula is C25H29N3O4. The third-order valence-electron chi connectivity index (χ3n) is 5.53. The number of ether oxygens (including phenoxy) is 2. The average molecular weight is 436 g/mol. The van der Waals surface area contributed by atoms with Crippen molar-refractivity contribution in [2.75, 3.05) is 19.5 Å². The Labute approximate surface area is 188 Å². The van der Waals surface area contributed by atoms with Crippen molar-refractivity contribution in [1.29, 1.82) is 0 Å². The minimum Gasteiger partial charge on any atom is -0.493 e. The lowest BCUT2D eigenvalue weighted by Gasteiger charge is -2.14. The number of amides is 2. The van der Waals surface area contributed by atoms with Gasteiger partial charge in [0.15, 0.2) is 11.5 Å². The molecule has 0 unspecified atom stereocenters. The monoisotopic (exact) mass is 435 g/mol. The van der Waals surface area contributed by atoms with Gasteiger partial charge in [-0.05, 0) is 49.6 Å². The van der Waals surface area contributed by atoms with E-state index in [0.29, 0.717) is 23.0 Å². The summed E-state index contributed by atoms with van der Waals surface area (Å²) in [6, 6.07) is 13.1. The van der Waals surface area contributed by atoms with E-state index >= 15 is 0 Å². The molecule has 7 nitrogen and oxygen atoms in total. The Kier molecular flexibility index (Phi) is 6.58. The number of hydrogen-bond donors (Lipinski definition) is 2. The van der Waals surface area contributed by atoms with E-state index in [2.05, 4.69) is 43.4 Å². The molecule has 0 bridgehead atoms. The first-order chi connectivity index (χ1) is 15.2. The maximum atomic E-state index is 13.2. The molecule has 0 atom stereocenters. The number of primary amides is 1. The molecule has 0 aliphatic heterocycles. The molecule has 3 N–H and O–H groups in total. The van der Waals surface area contributed by atoms with Crippen molar-refractivity contribution in [1.82, 2.24) is 4.57 Å². The van der Waals surface area contributed by atoms with Gasteiger partial charge in [-0.25, -0.2) is 0 Å². The van der Waals surface area contributed by atoms with Gasteiger partial charge in [-0.3, -0.25) is 9.59 Å². The highest BCUT2D eigenvalue weighted by molar-refractivity contribution is 6.09. The Morgan fingerprint density at radius 1 is 0.938 bits per heavy atom. The molecule has 0 saturated heterocycles. The lowest BCUT2D eigenvalue weighted by molar-refractivity contribution is 0.100. The Bertz CT molecular complexity index is 1160. The van der Waals surface area contributed by atoms with Crippen molar-refractivity contribution in [3.05, 3.63) is 70.5 Å². The van der Waals surface area contributed by atoms with Crippen LogP contribution in [0.25, 0.3) is 5.69 Å². The molecule has 1 aromatic heterocycles. The van der Waals surface area contributed by atoms with Gasteiger partial charge in [0.2, 0.25) is 0 Å². The Balaban J connectivity index is 1.98. The number of hydrogen-bond acceptors (Lipinski definition) is 4. The Morgan fingerprint density at radius 3 is 2.06 bits per heavy atom. The number of nitrogens with one attached hydrogen (secondary N) is 1. The number of aryl methyl sites for hydroxylation is 1. The summed E-state index contributed by atoms with van der Waals surface area (Å²) in [6.45, 7) is 8.14. The molecule has 2 aromatic carbocycles. The van der Waals surface area contributed by atoms with E-state index in [-0.39, 0.29) is 17.2 Å². The Hall–Kier alpha value is -3.74. The van der Waals surface area contributed by atoms with Gasteiger partial charge in [0.25, 0.3) is 11.8 Å². The SMILES string of the molecule is COc1cc(NC(=O)c2cc(C)n(-c3ccc(C(C)C)cc3)c2C)c(C(N)=O)cc1OC. The van der Waals surface area contributed by atoms with Crippen LogP contribution >= 0.6 is 0 Å². The molecule has 7 heteroatoms. The second-order valence-corrected chi connectivity index (χ2v) is 7.94. The van der Waals surface area contributed by atoms with Crippen LogP contribution in [-0.4, -0.2) is 30.6 Å². The van der Waals surface area contributed by atoms with Gasteiger partial charge in [-0.1, -0.05) is 26.0 Å². The number of aromatic nitrogens is 1. The number of methoxy groups -OCH3 is 2. The standard InChI is InChI=1S/C25H29N3O4/c1-14(2)17-7-9-18(10-8-17)28-15(3)11-19(16(28)4)25(30)27-21-13-23(32-6)22(31-5)12-20(21)24(26)29/h7-14H,1-6H3,(H2,26,29)(H,27,30). The van der Waals surface area contributed by atoms with Crippen molar-refractivity contribution < 1.29 is 19.1 Å². The van der Waals surface area contributed by atoms with E-state index < -0.39 is 5.91 Å². The topological polar surface area (TPSA) is 95.6 Å². The van der Waals surface area contributed by atoms with E-state index in [1.807, 2.05) is 24.5 Å². The number of anilines is 1. The van der Waals surface area contributed by atoms with E-state index in [4.69, 9.17) is 15.2 Å². The molecule has 0 aliphatic carbocycles. The van der Waals surface area contributed by atoms with Crippen LogP contribution < -0.4 is 20.5 Å². The van der Waals surface area contributed by atoms with Gasteiger partial charge >= 0.3 is 0 Å². The summed E-state index contributed by atoms with van der Waals surface area (Å²) >= 11 is 0. The van der Waals surface area contributed by atoms with E-state index in [9.17, 15) is 9.59 Å². The third kappa shape index (κ3) is 4.32. The maximum Gasteiger partial charge on any atom is 0.257 e. The van der Waals surface area contributed by atoms with Crippen LogP contribution in [0.3, 0.4) is 0 Å². The smallest absolute Gasteiger partial charge is 0.257 e. The zero-order valence-electron chi connectivity index (χ0n) is 19.3. The first-order valence-corrected chi connectivity index (χ1v) is 10.3. The highest BCUT2D eigenvalue weighted by Gasteiger charge is 2.21. The predicted octanol–water partition coefficient (Wildman–Crippen LogP) is 4.59. The third-order valence-corrected chi connectivity index (χ3v) is 5.53. The van der Waals surface area contributed by atoms with Crippen molar-refractivity contribution >= 4 is 17.5 Å². The fourth-order valence-corrected chi connectivity index (χ4v) is 3.77. The minimum atomic E-state index is -0.683. The lowest BCUT2D eigenvalue weighted by atomic mass is 10.0. The van der Waals surface area contributed by atoms with E-state index in [0.717, 1.165) is 17.1 Å². The average Bonchev–Trinajstić information content (AvgIpc) is 3.07. The van der Waals surface area contributed by atoms with E-state index in [1.54, 1.807) is 0 Å². The second kappa shape index (κ2) is 9.18. The minimum absolute atomic E-state index is 0.133. The molecule has 3 aromatic rings. The zero-order chi connectivity index (χ0) is 23.6. The molecule has 3 rings (SSSR count). The molecule has 2 amide bonds. The van der Waals surface area contributed by atoms with Crippen LogP contribution in [0.4, 0.5) is 5.69 Å². The van der Waals surface area contributed by atoms with Gasteiger partial charge in [0.05, 0.1) is 31.0 Å². The number of carbonyl (C=O) groups excluding carboxylic acids is 2.